The van der Waals surface area contributed by atoms with Gasteiger partial charge >= 0.3 is 0 Å². The fraction of sp³-hybridized carbons (Fsp3) is 0.486. The Bertz CT molecular complexity index is 1080. The molecule has 0 bridgehead atoms. The Morgan fingerprint density at radius 3 is 2.28 bits per heavy atom. The van der Waals surface area contributed by atoms with Crippen LogP contribution in [0.15, 0.2) is 72.3 Å². The summed E-state index contributed by atoms with van der Waals surface area (Å²) in [5.41, 5.74) is 8.19. The molecule has 0 saturated carbocycles. The maximum Gasteiger partial charge on any atom is 0.122 e. The summed E-state index contributed by atoms with van der Waals surface area (Å²) >= 11 is 0. The molecule has 2 aromatic carbocycles. The Hall–Kier alpha value is -2.54. The molecule has 0 heterocycles. The van der Waals surface area contributed by atoms with E-state index in [1.807, 2.05) is 0 Å². The number of aryl methyl sites for hydroxylation is 1. The van der Waals surface area contributed by atoms with Crippen LogP contribution in [0.2, 0.25) is 0 Å². The molecule has 1 aliphatic rings. The van der Waals surface area contributed by atoms with Crippen LogP contribution in [0.4, 0.5) is 0 Å². The summed E-state index contributed by atoms with van der Waals surface area (Å²) in [6.45, 7) is 16.8. The Balaban J connectivity index is 1.94. The van der Waals surface area contributed by atoms with Crippen LogP contribution in [-0.4, -0.2) is 6.61 Å². The van der Waals surface area contributed by atoms with Crippen molar-refractivity contribution < 1.29 is 4.74 Å². The summed E-state index contributed by atoms with van der Waals surface area (Å²) < 4.78 is 6.06. The van der Waals surface area contributed by atoms with E-state index in [-0.39, 0.29) is 5.41 Å². The van der Waals surface area contributed by atoms with Crippen LogP contribution in [0, 0.1) is 12.8 Å². The number of rotatable bonds is 12. The topological polar surface area (TPSA) is 9.23 Å². The second kappa shape index (κ2) is 13.1. The lowest BCUT2D eigenvalue weighted by Gasteiger charge is -2.35. The first-order chi connectivity index (χ1) is 17.4. The third kappa shape index (κ3) is 6.23. The highest BCUT2D eigenvalue weighted by Gasteiger charge is 2.32. The minimum Gasteiger partial charge on any atom is -0.493 e. The molecule has 0 radical (unpaired) electrons. The molecule has 0 amide bonds. The van der Waals surface area contributed by atoms with Crippen LogP contribution >= 0.6 is 0 Å². The van der Waals surface area contributed by atoms with Crippen molar-refractivity contribution in [2.75, 3.05) is 6.61 Å². The SMILES string of the molecule is CCCCOc1ccc(C(CC)(CC)C2=CC(C)C=C(c3cccc(C(CC)CC)c3)C=C2)cc1C. The Morgan fingerprint density at radius 2 is 1.64 bits per heavy atom. The summed E-state index contributed by atoms with van der Waals surface area (Å²) in [7, 11) is 0. The highest BCUT2D eigenvalue weighted by atomic mass is 16.5. The monoisotopic (exact) mass is 484 g/mol. The van der Waals surface area contributed by atoms with Gasteiger partial charge in [0.25, 0.3) is 0 Å². The van der Waals surface area contributed by atoms with E-state index in [2.05, 4.69) is 115 Å². The number of unbranched alkanes of at least 4 members (excludes halogenated alkanes) is 1. The summed E-state index contributed by atoms with van der Waals surface area (Å²) in [5, 5.41) is 0. The standard InChI is InChI=1S/C35H48O/c1-8-13-21-36-34-20-19-33(24-27(34)7)35(11-4,12-5)32-18-17-31(22-26(6)23-32)30-16-14-15-29(25-30)28(9-2)10-3/h14-20,22-26,28H,8-13,21H2,1-7H3. The molecule has 0 N–H and O–H groups in total. The number of hydrogen-bond acceptors (Lipinski definition) is 1. The predicted molar refractivity (Wildman–Crippen MR) is 158 cm³/mol. The largest absolute Gasteiger partial charge is 0.493 e. The molecule has 0 aromatic heterocycles. The molecule has 36 heavy (non-hydrogen) atoms. The number of hydrogen-bond donors (Lipinski definition) is 0. The lowest BCUT2D eigenvalue weighted by atomic mass is 9.69. The molecule has 3 rings (SSSR count). The third-order valence-corrected chi connectivity index (χ3v) is 8.25. The van der Waals surface area contributed by atoms with Gasteiger partial charge in [-0.2, -0.15) is 0 Å². The van der Waals surface area contributed by atoms with E-state index in [9.17, 15) is 0 Å². The number of ether oxygens (including phenoxy) is 1. The Morgan fingerprint density at radius 1 is 0.889 bits per heavy atom. The summed E-state index contributed by atoms with van der Waals surface area (Å²) in [5.74, 6) is 2.03. The fourth-order valence-electron chi connectivity index (χ4n) is 5.82. The van der Waals surface area contributed by atoms with Gasteiger partial charge < -0.3 is 4.74 Å². The second-order valence-electron chi connectivity index (χ2n) is 10.5. The zero-order chi connectivity index (χ0) is 26.1. The zero-order valence-corrected chi connectivity index (χ0v) is 23.9. The van der Waals surface area contributed by atoms with Crippen LogP contribution in [0.1, 0.15) is 108 Å². The average Bonchev–Trinajstić information content (AvgIpc) is 3.09. The van der Waals surface area contributed by atoms with Crippen molar-refractivity contribution in [2.45, 2.75) is 98.3 Å². The van der Waals surface area contributed by atoms with Gasteiger partial charge in [0.2, 0.25) is 0 Å². The van der Waals surface area contributed by atoms with Crippen molar-refractivity contribution in [3.8, 4) is 5.75 Å². The summed E-state index contributed by atoms with van der Waals surface area (Å²) in [6, 6.07) is 16.1. The van der Waals surface area contributed by atoms with Crippen LogP contribution in [-0.2, 0) is 5.41 Å². The highest BCUT2D eigenvalue weighted by molar-refractivity contribution is 5.76. The molecule has 194 valence electrons. The van der Waals surface area contributed by atoms with E-state index in [1.165, 1.54) is 46.2 Å². The van der Waals surface area contributed by atoms with Gasteiger partial charge in [0, 0.05) is 5.41 Å². The van der Waals surface area contributed by atoms with Crippen LogP contribution < -0.4 is 4.74 Å². The van der Waals surface area contributed by atoms with Gasteiger partial charge in [0.1, 0.15) is 5.75 Å². The van der Waals surface area contributed by atoms with Crippen molar-refractivity contribution in [2.24, 2.45) is 5.92 Å². The van der Waals surface area contributed by atoms with Crippen LogP contribution in [0.25, 0.3) is 5.57 Å². The molecule has 1 atom stereocenters. The lowest BCUT2D eigenvalue weighted by molar-refractivity contribution is 0.307. The smallest absolute Gasteiger partial charge is 0.122 e. The first-order valence-electron chi connectivity index (χ1n) is 14.4. The third-order valence-electron chi connectivity index (χ3n) is 8.25. The first-order valence-corrected chi connectivity index (χ1v) is 14.4. The number of allylic oxidation sites excluding steroid dienone is 6. The molecule has 1 aliphatic carbocycles. The quantitative estimate of drug-likeness (QED) is 0.272. The maximum absolute atomic E-state index is 6.06. The first kappa shape index (κ1) is 28.0. The van der Waals surface area contributed by atoms with Gasteiger partial charge in [0.05, 0.1) is 6.61 Å². The van der Waals surface area contributed by atoms with Crippen molar-refractivity contribution in [3.63, 3.8) is 0 Å². The van der Waals surface area contributed by atoms with Crippen molar-refractivity contribution in [3.05, 3.63) is 94.6 Å². The molecule has 1 heteroatoms. The van der Waals surface area contributed by atoms with Gasteiger partial charge in [-0.3, -0.25) is 0 Å². The Labute approximate surface area is 221 Å². The molecule has 1 nitrogen and oxygen atoms in total. The van der Waals surface area contributed by atoms with E-state index in [1.54, 1.807) is 0 Å². The Kier molecular flexibility index (Phi) is 10.2. The molecular formula is C35H48O. The van der Waals surface area contributed by atoms with Gasteiger partial charge in [-0.15, -0.1) is 0 Å². The van der Waals surface area contributed by atoms with E-state index < -0.39 is 0 Å². The second-order valence-corrected chi connectivity index (χ2v) is 10.5. The normalized spacial score (nSPS) is 16.1. The minimum absolute atomic E-state index is 0.00186. The van der Waals surface area contributed by atoms with Crippen molar-refractivity contribution in [1.82, 2.24) is 0 Å². The van der Waals surface area contributed by atoms with Crippen LogP contribution in [0.3, 0.4) is 0 Å². The highest BCUT2D eigenvalue weighted by Crippen LogP contribution is 2.43. The molecule has 0 spiro atoms. The van der Waals surface area contributed by atoms with Gasteiger partial charge in [-0.05, 0) is 90.3 Å². The molecule has 0 saturated heterocycles. The van der Waals surface area contributed by atoms with Crippen LogP contribution in [0.5, 0.6) is 5.75 Å². The van der Waals surface area contributed by atoms with Crippen molar-refractivity contribution >= 4 is 5.57 Å². The molecule has 0 aliphatic heterocycles. The molecular weight excluding hydrogens is 436 g/mol. The molecule has 2 aromatic rings. The van der Waals surface area contributed by atoms with E-state index >= 15 is 0 Å². The van der Waals surface area contributed by atoms with Crippen molar-refractivity contribution in [1.29, 1.82) is 0 Å². The van der Waals surface area contributed by atoms with E-state index in [4.69, 9.17) is 4.74 Å². The minimum atomic E-state index is -0.00186. The van der Waals surface area contributed by atoms with E-state index in [0.29, 0.717) is 11.8 Å². The van der Waals surface area contributed by atoms with Gasteiger partial charge in [0.15, 0.2) is 0 Å². The van der Waals surface area contributed by atoms with Gasteiger partial charge in [-0.25, -0.2) is 0 Å². The lowest BCUT2D eigenvalue weighted by Crippen LogP contribution is -2.27. The molecule has 0 fully saturated rings. The zero-order valence-electron chi connectivity index (χ0n) is 23.9. The predicted octanol–water partition coefficient (Wildman–Crippen LogP) is 10.4. The van der Waals surface area contributed by atoms with E-state index in [0.717, 1.165) is 38.0 Å². The summed E-state index contributed by atoms with van der Waals surface area (Å²) in [6.07, 6.45) is 16.4. The maximum atomic E-state index is 6.06. The summed E-state index contributed by atoms with van der Waals surface area (Å²) in [4.78, 5) is 0. The fourth-order valence-corrected chi connectivity index (χ4v) is 5.82. The van der Waals surface area contributed by atoms with Gasteiger partial charge in [-0.1, -0.05) is 109 Å². The average molecular weight is 485 g/mol. The number of benzene rings is 2. The molecule has 1 unspecified atom stereocenters.